The van der Waals surface area contributed by atoms with E-state index in [0.29, 0.717) is 12.8 Å². The Morgan fingerprint density at radius 2 is 1.73 bits per heavy atom. The molecule has 1 rings (SSSR count). The van der Waals surface area contributed by atoms with Crippen LogP contribution >= 0.6 is 7.60 Å². The number of rotatable bonds is 9. The van der Waals surface area contributed by atoms with Gasteiger partial charge in [0.2, 0.25) is 0 Å². The third kappa shape index (κ3) is 4.83. The average Bonchev–Trinajstić information content (AvgIpc) is 2.57. The van der Waals surface area contributed by atoms with Crippen LogP contribution in [0.15, 0.2) is 24.3 Å². The molecule has 0 aliphatic carbocycles. The lowest BCUT2D eigenvalue weighted by atomic mass is 10.2. The van der Waals surface area contributed by atoms with Gasteiger partial charge in [-0.25, -0.2) is 0 Å². The van der Waals surface area contributed by atoms with E-state index in [0.717, 1.165) is 11.3 Å². The fourth-order valence-electron chi connectivity index (χ4n) is 1.98. The summed E-state index contributed by atoms with van der Waals surface area (Å²) in [5.41, 5.74) is -0.0974. The maximum absolute atomic E-state index is 12.4. The summed E-state index contributed by atoms with van der Waals surface area (Å²) in [4.78, 5) is 12.2. The Hall–Kier alpha value is -1.36. The molecule has 0 bridgehead atoms. The van der Waals surface area contributed by atoms with Gasteiger partial charge in [0.15, 0.2) is 5.66 Å². The van der Waals surface area contributed by atoms with E-state index in [1.165, 1.54) is 14.2 Å². The molecule has 0 N–H and O–H groups in total. The minimum Gasteiger partial charge on any atom is -0.497 e. The van der Waals surface area contributed by atoms with Crippen LogP contribution in [0, 0.1) is 0 Å². The standard InChI is InChI=1S/C15H23O6P/c1-5-6-14(22(17,19-3)20-4)15(16)21-11-12-7-9-13(18-2)10-8-12/h7-10,14H,5-6,11H2,1-4H3. The number of esters is 1. The normalized spacial score (nSPS) is 12.7. The van der Waals surface area contributed by atoms with Gasteiger partial charge in [0, 0.05) is 14.2 Å². The molecule has 0 fully saturated rings. The summed E-state index contributed by atoms with van der Waals surface area (Å²) in [6, 6.07) is 7.16. The maximum Gasteiger partial charge on any atom is 0.344 e. The predicted octanol–water partition coefficient (Wildman–Crippen LogP) is 3.39. The molecule has 1 atom stereocenters. The van der Waals surface area contributed by atoms with Gasteiger partial charge in [-0.3, -0.25) is 9.36 Å². The number of carbonyl (C=O) groups is 1. The van der Waals surface area contributed by atoms with E-state index in [-0.39, 0.29) is 6.61 Å². The van der Waals surface area contributed by atoms with E-state index in [4.69, 9.17) is 18.5 Å². The molecular weight excluding hydrogens is 307 g/mol. The predicted molar refractivity (Wildman–Crippen MR) is 83.1 cm³/mol. The molecular formula is C15H23O6P. The number of benzene rings is 1. The molecule has 124 valence electrons. The lowest BCUT2D eigenvalue weighted by Crippen LogP contribution is -2.25. The highest BCUT2D eigenvalue weighted by Crippen LogP contribution is 2.53. The molecule has 1 unspecified atom stereocenters. The van der Waals surface area contributed by atoms with Crippen molar-refractivity contribution in [1.82, 2.24) is 0 Å². The molecule has 0 saturated heterocycles. The molecule has 0 spiro atoms. The third-order valence-electron chi connectivity index (χ3n) is 3.27. The van der Waals surface area contributed by atoms with Gasteiger partial charge in [0.25, 0.3) is 0 Å². The number of hydrogen-bond acceptors (Lipinski definition) is 6. The van der Waals surface area contributed by atoms with Crippen molar-refractivity contribution in [3.63, 3.8) is 0 Å². The molecule has 6 nitrogen and oxygen atoms in total. The second-order valence-corrected chi connectivity index (χ2v) is 7.10. The monoisotopic (exact) mass is 330 g/mol. The fourth-order valence-corrected chi connectivity index (χ4v) is 3.55. The Bertz CT molecular complexity index is 505. The molecule has 1 aromatic carbocycles. The maximum atomic E-state index is 12.4. The van der Waals surface area contributed by atoms with E-state index in [1.807, 2.05) is 6.92 Å². The van der Waals surface area contributed by atoms with E-state index in [9.17, 15) is 9.36 Å². The highest BCUT2D eigenvalue weighted by molar-refractivity contribution is 7.55. The lowest BCUT2D eigenvalue weighted by molar-refractivity contribution is -0.145. The summed E-state index contributed by atoms with van der Waals surface area (Å²) in [6.45, 7) is 1.98. The van der Waals surface area contributed by atoms with Gasteiger partial charge < -0.3 is 18.5 Å². The molecule has 22 heavy (non-hydrogen) atoms. The zero-order valence-corrected chi connectivity index (χ0v) is 14.3. The molecule has 0 aliphatic rings. The summed E-state index contributed by atoms with van der Waals surface area (Å²) >= 11 is 0. The van der Waals surface area contributed by atoms with Gasteiger partial charge in [-0.1, -0.05) is 25.5 Å². The number of methoxy groups -OCH3 is 1. The van der Waals surface area contributed by atoms with E-state index in [2.05, 4.69) is 0 Å². The Morgan fingerprint density at radius 1 is 1.14 bits per heavy atom. The Morgan fingerprint density at radius 3 is 2.18 bits per heavy atom. The van der Waals surface area contributed by atoms with Crippen LogP contribution in [0.5, 0.6) is 5.75 Å². The first kappa shape index (κ1) is 18.7. The van der Waals surface area contributed by atoms with Gasteiger partial charge in [-0.2, -0.15) is 0 Å². The van der Waals surface area contributed by atoms with E-state index >= 15 is 0 Å². The zero-order chi connectivity index (χ0) is 16.6. The summed E-state index contributed by atoms with van der Waals surface area (Å²) in [5, 5.41) is 0. The van der Waals surface area contributed by atoms with Gasteiger partial charge in [-0.15, -0.1) is 0 Å². The first-order valence-corrected chi connectivity index (χ1v) is 8.62. The Kier molecular flexibility index (Phi) is 7.59. The van der Waals surface area contributed by atoms with Gasteiger partial charge >= 0.3 is 13.6 Å². The molecule has 0 heterocycles. The third-order valence-corrected chi connectivity index (χ3v) is 5.52. The molecule has 0 amide bonds. The lowest BCUT2D eigenvalue weighted by Gasteiger charge is -2.22. The van der Waals surface area contributed by atoms with Crippen molar-refractivity contribution in [3.8, 4) is 5.75 Å². The Balaban J connectivity index is 2.72. The second kappa shape index (κ2) is 8.93. The highest BCUT2D eigenvalue weighted by atomic mass is 31.2. The second-order valence-electron chi connectivity index (χ2n) is 4.67. The highest BCUT2D eigenvalue weighted by Gasteiger charge is 2.40. The van der Waals surface area contributed by atoms with Crippen LogP contribution in [0.3, 0.4) is 0 Å². The van der Waals surface area contributed by atoms with Crippen LogP contribution in [0.4, 0.5) is 0 Å². The summed E-state index contributed by atoms with van der Waals surface area (Å²) < 4.78 is 32.6. The zero-order valence-electron chi connectivity index (χ0n) is 13.4. The summed E-state index contributed by atoms with van der Waals surface area (Å²) in [7, 11) is 0.623. The number of carbonyl (C=O) groups excluding carboxylic acids is 1. The van der Waals surface area contributed by atoms with Gasteiger partial charge in [0.05, 0.1) is 7.11 Å². The van der Waals surface area contributed by atoms with Crippen molar-refractivity contribution in [3.05, 3.63) is 29.8 Å². The quantitative estimate of drug-likeness (QED) is 0.510. The largest absolute Gasteiger partial charge is 0.497 e. The van der Waals surface area contributed by atoms with Crippen molar-refractivity contribution in [2.24, 2.45) is 0 Å². The van der Waals surface area contributed by atoms with Crippen LogP contribution in [0.1, 0.15) is 25.3 Å². The molecule has 7 heteroatoms. The number of hydrogen-bond donors (Lipinski definition) is 0. The van der Waals surface area contributed by atoms with E-state index < -0.39 is 19.2 Å². The number of ether oxygens (including phenoxy) is 2. The fraction of sp³-hybridized carbons (Fsp3) is 0.533. The smallest absolute Gasteiger partial charge is 0.344 e. The topological polar surface area (TPSA) is 71.1 Å². The minimum absolute atomic E-state index is 0.0937. The van der Waals surface area contributed by atoms with Crippen LogP contribution in [0.25, 0.3) is 0 Å². The SMILES string of the molecule is CCCC(C(=O)OCc1ccc(OC)cc1)P(=O)(OC)OC. The Labute approximate surface area is 131 Å². The van der Waals surface area contributed by atoms with E-state index in [1.54, 1.807) is 31.4 Å². The minimum atomic E-state index is -3.49. The molecule has 0 aliphatic heterocycles. The van der Waals surface area contributed by atoms with Crippen molar-refractivity contribution < 1.29 is 27.9 Å². The molecule has 0 radical (unpaired) electrons. The van der Waals surface area contributed by atoms with Crippen LogP contribution < -0.4 is 4.74 Å². The van der Waals surface area contributed by atoms with Gasteiger partial charge in [0.1, 0.15) is 12.4 Å². The van der Waals surface area contributed by atoms with Crippen LogP contribution in [-0.2, 0) is 29.8 Å². The molecule has 0 aromatic heterocycles. The van der Waals surface area contributed by atoms with Crippen molar-refractivity contribution in [2.45, 2.75) is 32.0 Å². The van der Waals surface area contributed by atoms with Crippen molar-refractivity contribution in [1.29, 1.82) is 0 Å². The summed E-state index contributed by atoms with van der Waals surface area (Å²) in [5.74, 6) is 0.145. The summed E-state index contributed by atoms with van der Waals surface area (Å²) in [6.07, 6.45) is 1.04. The first-order chi connectivity index (χ1) is 10.5. The van der Waals surface area contributed by atoms with Crippen molar-refractivity contribution >= 4 is 13.6 Å². The van der Waals surface area contributed by atoms with Crippen LogP contribution in [-0.4, -0.2) is 33.0 Å². The van der Waals surface area contributed by atoms with Crippen LogP contribution in [0.2, 0.25) is 0 Å². The molecule has 0 saturated carbocycles. The average molecular weight is 330 g/mol. The first-order valence-electron chi connectivity index (χ1n) is 7.01. The van der Waals surface area contributed by atoms with Gasteiger partial charge in [-0.05, 0) is 24.1 Å². The molecule has 1 aromatic rings. The van der Waals surface area contributed by atoms with Crippen molar-refractivity contribution in [2.75, 3.05) is 21.3 Å².